The molecule has 3 heterocycles. The molecule has 3 aliphatic heterocycles. The first-order valence-electron chi connectivity index (χ1n) is 9.78. The van der Waals surface area contributed by atoms with Crippen molar-refractivity contribution < 1.29 is 24.3 Å². The van der Waals surface area contributed by atoms with E-state index in [1.54, 1.807) is 18.2 Å². The smallest absolute Gasteiger partial charge is 0.303 e. The molecule has 8 nitrogen and oxygen atoms in total. The number of carbonyl (C=O) groups is 4. The quantitative estimate of drug-likeness (QED) is 0.605. The van der Waals surface area contributed by atoms with Gasteiger partial charge >= 0.3 is 5.97 Å². The van der Waals surface area contributed by atoms with Crippen LogP contribution in [0.5, 0.6) is 0 Å². The monoisotopic (exact) mass is 419 g/mol. The number of carboxylic acid groups (broad SMARTS) is 1. The number of imide groups is 1. The van der Waals surface area contributed by atoms with Gasteiger partial charge in [-0.1, -0.05) is 37.1 Å². The van der Waals surface area contributed by atoms with Crippen LogP contribution >= 0.6 is 11.6 Å². The second kappa shape index (κ2) is 7.11. The molecule has 0 radical (unpaired) electrons. The highest BCUT2D eigenvalue weighted by Crippen LogP contribution is 2.54. The number of carboxylic acids is 1. The molecule has 9 heteroatoms. The Balaban J connectivity index is 1.81. The lowest BCUT2D eigenvalue weighted by molar-refractivity contribution is -0.143. The van der Waals surface area contributed by atoms with Gasteiger partial charge in [0.15, 0.2) is 0 Å². The number of hydrogen-bond donors (Lipinski definition) is 3. The molecule has 1 aromatic carbocycles. The van der Waals surface area contributed by atoms with Crippen molar-refractivity contribution in [1.82, 2.24) is 10.2 Å². The number of rotatable bonds is 6. The lowest BCUT2D eigenvalue weighted by Gasteiger charge is -2.29. The third-order valence-electron chi connectivity index (χ3n) is 6.20. The molecule has 29 heavy (non-hydrogen) atoms. The molecule has 3 aliphatic rings. The number of hydrogen-bond acceptors (Lipinski definition) is 5. The van der Waals surface area contributed by atoms with Gasteiger partial charge in [0.05, 0.1) is 22.5 Å². The zero-order chi connectivity index (χ0) is 20.9. The fraction of sp³-hybridized carbons (Fsp3) is 0.500. The molecule has 0 bridgehead atoms. The maximum Gasteiger partial charge on any atom is 0.303 e. The number of para-hydroxylation sites is 1. The topological polar surface area (TPSA) is 116 Å². The third kappa shape index (κ3) is 2.77. The van der Waals surface area contributed by atoms with E-state index in [-0.39, 0.29) is 24.7 Å². The summed E-state index contributed by atoms with van der Waals surface area (Å²) < 4.78 is 0. The number of unbranched alkanes of at least 4 members (excludes halogenated alkanes) is 1. The number of anilines is 1. The summed E-state index contributed by atoms with van der Waals surface area (Å²) in [6.45, 7) is 2.26. The summed E-state index contributed by atoms with van der Waals surface area (Å²) in [5.74, 6) is -3.87. The van der Waals surface area contributed by atoms with E-state index in [9.17, 15) is 19.2 Å². The van der Waals surface area contributed by atoms with Crippen LogP contribution in [0.2, 0.25) is 5.02 Å². The van der Waals surface area contributed by atoms with Gasteiger partial charge in [-0.15, -0.1) is 0 Å². The normalized spacial score (nSPS) is 30.1. The number of likely N-dealkylation sites (tertiary alicyclic amines) is 1. The maximum absolute atomic E-state index is 13.3. The summed E-state index contributed by atoms with van der Waals surface area (Å²) in [5.41, 5.74) is -0.472. The summed E-state index contributed by atoms with van der Waals surface area (Å²) in [7, 11) is 0. The van der Waals surface area contributed by atoms with Crippen LogP contribution in [-0.4, -0.2) is 46.3 Å². The van der Waals surface area contributed by atoms with Crippen LogP contribution in [0, 0.1) is 11.8 Å². The van der Waals surface area contributed by atoms with Gasteiger partial charge in [0.1, 0.15) is 5.54 Å². The van der Waals surface area contributed by atoms with E-state index in [2.05, 4.69) is 10.6 Å². The minimum Gasteiger partial charge on any atom is -0.481 e. The van der Waals surface area contributed by atoms with Gasteiger partial charge in [0.25, 0.3) is 0 Å². The Labute approximate surface area is 172 Å². The first-order valence-corrected chi connectivity index (χ1v) is 10.2. The molecule has 1 spiro atoms. The van der Waals surface area contributed by atoms with Crippen molar-refractivity contribution in [2.75, 3.05) is 11.9 Å². The number of halogens is 1. The van der Waals surface area contributed by atoms with E-state index in [0.29, 0.717) is 29.2 Å². The van der Waals surface area contributed by atoms with E-state index in [1.807, 2.05) is 6.92 Å². The number of benzene rings is 1. The van der Waals surface area contributed by atoms with Crippen molar-refractivity contribution in [1.29, 1.82) is 0 Å². The molecule has 4 rings (SSSR count). The molecule has 0 saturated carbocycles. The Morgan fingerprint density at radius 1 is 1.28 bits per heavy atom. The predicted octanol–water partition coefficient (Wildman–Crippen LogP) is 1.73. The van der Waals surface area contributed by atoms with Crippen molar-refractivity contribution in [2.24, 2.45) is 11.8 Å². The number of fused-ring (bicyclic) bond motifs is 4. The van der Waals surface area contributed by atoms with Gasteiger partial charge in [-0.05, 0) is 18.9 Å². The summed E-state index contributed by atoms with van der Waals surface area (Å²) >= 11 is 6.26. The first kappa shape index (κ1) is 19.8. The van der Waals surface area contributed by atoms with Gasteiger partial charge in [-0.2, -0.15) is 0 Å². The number of nitrogens with one attached hydrogen (secondary N) is 2. The molecule has 0 unspecified atom stereocenters. The number of carbonyl (C=O) groups excluding carboxylic acids is 3. The highest BCUT2D eigenvalue weighted by Gasteiger charge is 2.70. The van der Waals surface area contributed by atoms with Crippen LogP contribution in [0.4, 0.5) is 5.69 Å². The number of amides is 3. The fourth-order valence-corrected chi connectivity index (χ4v) is 5.14. The van der Waals surface area contributed by atoms with Gasteiger partial charge in [-0.3, -0.25) is 29.4 Å². The molecule has 1 aromatic rings. The van der Waals surface area contributed by atoms with Crippen LogP contribution < -0.4 is 10.6 Å². The molecule has 3 amide bonds. The lowest BCUT2D eigenvalue weighted by atomic mass is 9.76. The Bertz CT molecular complexity index is 919. The molecule has 2 fully saturated rings. The van der Waals surface area contributed by atoms with Crippen LogP contribution in [0.15, 0.2) is 18.2 Å². The van der Waals surface area contributed by atoms with Crippen LogP contribution in [-0.2, 0) is 24.7 Å². The van der Waals surface area contributed by atoms with Crippen molar-refractivity contribution in [3.8, 4) is 0 Å². The van der Waals surface area contributed by atoms with Gasteiger partial charge in [-0.25, -0.2) is 0 Å². The minimum absolute atomic E-state index is 0.141. The molecule has 2 saturated heterocycles. The van der Waals surface area contributed by atoms with Crippen LogP contribution in [0.1, 0.15) is 38.2 Å². The average Bonchev–Trinajstić information content (AvgIpc) is 3.25. The Morgan fingerprint density at radius 2 is 2.03 bits per heavy atom. The minimum atomic E-state index is -1.43. The van der Waals surface area contributed by atoms with Gasteiger partial charge in [0, 0.05) is 24.6 Å². The molecular weight excluding hydrogens is 398 g/mol. The van der Waals surface area contributed by atoms with Crippen molar-refractivity contribution in [3.63, 3.8) is 0 Å². The van der Waals surface area contributed by atoms with Crippen LogP contribution in [0.25, 0.3) is 0 Å². The lowest BCUT2D eigenvalue weighted by Crippen LogP contribution is -2.53. The van der Waals surface area contributed by atoms with E-state index in [1.165, 1.54) is 4.90 Å². The molecular formula is C20H22ClN3O5. The van der Waals surface area contributed by atoms with E-state index in [0.717, 1.165) is 6.42 Å². The fourth-order valence-electron chi connectivity index (χ4n) is 4.92. The van der Waals surface area contributed by atoms with Crippen molar-refractivity contribution in [2.45, 2.75) is 44.2 Å². The molecule has 154 valence electrons. The largest absolute Gasteiger partial charge is 0.481 e. The second-order valence-corrected chi connectivity index (χ2v) is 8.20. The average molecular weight is 420 g/mol. The summed E-state index contributed by atoms with van der Waals surface area (Å²) in [5, 5.41) is 15.4. The highest BCUT2D eigenvalue weighted by molar-refractivity contribution is 6.35. The second-order valence-electron chi connectivity index (χ2n) is 7.79. The Hall–Kier alpha value is -2.45. The number of aliphatic carboxylic acids is 1. The van der Waals surface area contributed by atoms with E-state index in [4.69, 9.17) is 16.7 Å². The zero-order valence-electron chi connectivity index (χ0n) is 15.9. The SMILES string of the molecule is CCCCN1C(=O)[C@@H]2[C@H](CCC(=O)O)N[C@@]3(C(=O)Nc4c(Cl)cccc43)[C@H]2C1=O. The number of nitrogens with zero attached hydrogens (tertiary/aromatic N) is 1. The molecule has 0 aromatic heterocycles. The van der Waals surface area contributed by atoms with Crippen molar-refractivity contribution >= 4 is 41.0 Å². The molecule has 3 N–H and O–H groups in total. The Morgan fingerprint density at radius 3 is 2.72 bits per heavy atom. The molecule has 0 aliphatic carbocycles. The van der Waals surface area contributed by atoms with Gasteiger partial charge < -0.3 is 10.4 Å². The van der Waals surface area contributed by atoms with Crippen LogP contribution in [0.3, 0.4) is 0 Å². The standard InChI is InChI=1S/C20H22ClN3O5/c1-2-3-9-24-17(27)14-12(7-8-13(25)26)23-20(15(14)18(24)28)10-5-4-6-11(21)16(10)22-19(20)29/h4-6,12,14-15,23H,2-3,7-9H2,1H3,(H,22,29)(H,25,26)/t12-,14+,15+,20+/m0/s1. The third-order valence-corrected chi connectivity index (χ3v) is 6.51. The summed E-state index contributed by atoms with van der Waals surface area (Å²) in [6, 6.07) is 4.45. The van der Waals surface area contributed by atoms with Crippen molar-refractivity contribution in [3.05, 3.63) is 28.8 Å². The zero-order valence-corrected chi connectivity index (χ0v) is 16.7. The van der Waals surface area contributed by atoms with E-state index < -0.39 is 35.3 Å². The molecule has 4 atom stereocenters. The van der Waals surface area contributed by atoms with Gasteiger partial charge in [0.2, 0.25) is 17.7 Å². The highest BCUT2D eigenvalue weighted by atomic mass is 35.5. The maximum atomic E-state index is 13.3. The Kier molecular flexibility index (Phi) is 4.86. The summed E-state index contributed by atoms with van der Waals surface area (Å²) in [6.07, 6.45) is 1.46. The first-order chi connectivity index (χ1) is 13.8. The predicted molar refractivity (Wildman–Crippen MR) is 104 cm³/mol. The van der Waals surface area contributed by atoms with E-state index >= 15 is 0 Å². The summed E-state index contributed by atoms with van der Waals surface area (Å²) in [4.78, 5) is 52.0.